The Morgan fingerprint density at radius 3 is 2.70 bits per heavy atom. The molecule has 1 atom stereocenters. The van der Waals surface area contributed by atoms with Gasteiger partial charge in [0.25, 0.3) is 0 Å². The van der Waals surface area contributed by atoms with Gasteiger partial charge in [0.15, 0.2) is 11.6 Å². The summed E-state index contributed by atoms with van der Waals surface area (Å²) in [5.74, 6) is -1.44. The number of aryl methyl sites for hydroxylation is 1. The van der Waals surface area contributed by atoms with E-state index in [9.17, 15) is 13.6 Å². The first-order valence-electron chi connectivity index (χ1n) is 8.47. The minimum Gasteiger partial charge on any atom is -0.346 e. The molecule has 7 heteroatoms. The zero-order valence-corrected chi connectivity index (χ0v) is 16.2. The van der Waals surface area contributed by atoms with Crippen LogP contribution in [0.5, 0.6) is 0 Å². The monoisotopic (exact) mass is 433 g/mol. The predicted molar refractivity (Wildman–Crippen MR) is 103 cm³/mol. The Kier molecular flexibility index (Phi) is 6.01. The summed E-state index contributed by atoms with van der Waals surface area (Å²) < 4.78 is 27.8. The molecule has 0 aliphatic rings. The van der Waals surface area contributed by atoms with Crippen LogP contribution in [0.1, 0.15) is 30.8 Å². The van der Waals surface area contributed by atoms with Crippen molar-refractivity contribution in [3.8, 4) is 11.3 Å². The Labute approximate surface area is 164 Å². The molecule has 1 aromatic heterocycles. The third kappa shape index (κ3) is 4.80. The Morgan fingerprint density at radius 1 is 1.22 bits per heavy atom. The molecule has 140 valence electrons. The third-order valence-corrected chi connectivity index (χ3v) is 4.72. The van der Waals surface area contributed by atoms with Crippen LogP contribution in [0.3, 0.4) is 0 Å². The van der Waals surface area contributed by atoms with Crippen LogP contribution in [0, 0.1) is 11.6 Å². The van der Waals surface area contributed by atoms with E-state index in [0.29, 0.717) is 5.82 Å². The van der Waals surface area contributed by atoms with Gasteiger partial charge in [-0.05, 0) is 42.7 Å². The number of rotatable bonds is 6. The van der Waals surface area contributed by atoms with Crippen molar-refractivity contribution in [2.75, 3.05) is 0 Å². The highest BCUT2D eigenvalue weighted by Gasteiger charge is 2.15. The smallest absolute Gasteiger partial charge is 0.220 e. The first-order valence-corrected chi connectivity index (χ1v) is 9.26. The fourth-order valence-electron chi connectivity index (χ4n) is 2.70. The van der Waals surface area contributed by atoms with Gasteiger partial charge in [0, 0.05) is 10.9 Å². The number of benzene rings is 2. The van der Waals surface area contributed by atoms with E-state index in [1.807, 2.05) is 31.2 Å². The third-order valence-electron chi connectivity index (χ3n) is 4.19. The van der Waals surface area contributed by atoms with Crippen LogP contribution in [0.2, 0.25) is 0 Å². The molecule has 0 aliphatic carbocycles. The number of carbonyl (C=O) groups is 1. The first kappa shape index (κ1) is 19.2. The van der Waals surface area contributed by atoms with Crippen molar-refractivity contribution in [2.24, 2.45) is 0 Å². The molecule has 27 heavy (non-hydrogen) atoms. The number of nitrogens with one attached hydrogen (secondary N) is 2. The summed E-state index contributed by atoms with van der Waals surface area (Å²) in [6, 6.07) is 11.4. The van der Waals surface area contributed by atoms with Crippen molar-refractivity contribution in [3.63, 3.8) is 0 Å². The second kappa shape index (κ2) is 8.43. The molecular formula is C20H18BrF2N3O. The number of hydrogen-bond acceptors (Lipinski definition) is 2. The fraction of sp³-hybridized carbons (Fsp3) is 0.200. The lowest BCUT2D eigenvalue weighted by molar-refractivity contribution is -0.121. The maximum Gasteiger partial charge on any atom is 0.220 e. The van der Waals surface area contributed by atoms with Crippen LogP contribution in [0.4, 0.5) is 8.78 Å². The number of hydrogen-bond donors (Lipinski definition) is 2. The van der Waals surface area contributed by atoms with E-state index in [2.05, 4.69) is 31.2 Å². The van der Waals surface area contributed by atoms with E-state index in [0.717, 1.165) is 21.8 Å². The normalized spacial score (nSPS) is 12.0. The van der Waals surface area contributed by atoms with Gasteiger partial charge in [-0.15, -0.1) is 0 Å². The molecule has 1 unspecified atom stereocenters. The van der Waals surface area contributed by atoms with Crippen LogP contribution in [0.15, 0.2) is 53.1 Å². The predicted octanol–water partition coefficient (Wildman–Crippen LogP) is 4.93. The summed E-state index contributed by atoms with van der Waals surface area (Å²) in [7, 11) is 0. The van der Waals surface area contributed by atoms with Crippen LogP contribution in [0.25, 0.3) is 11.3 Å². The minimum absolute atomic E-state index is 0.0605. The maximum atomic E-state index is 13.6. The summed E-state index contributed by atoms with van der Waals surface area (Å²) >= 11 is 3.40. The molecule has 1 amide bonds. The van der Waals surface area contributed by atoms with Crippen molar-refractivity contribution < 1.29 is 13.6 Å². The highest BCUT2D eigenvalue weighted by Crippen LogP contribution is 2.21. The van der Waals surface area contributed by atoms with Gasteiger partial charge >= 0.3 is 0 Å². The zero-order chi connectivity index (χ0) is 19.4. The molecule has 3 rings (SSSR count). The molecule has 2 aromatic carbocycles. The first-order chi connectivity index (χ1) is 12.9. The quantitative estimate of drug-likeness (QED) is 0.578. The van der Waals surface area contributed by atoms with Gasteiger partial charge in [-0.1, -0.05) is 40.2 Å². The standard InChI is InChI=1S/C20H18BrF2N3O/c1-12(20-24-11-17(26-20)13-5-8-15(21)9-6-13)25-18(27)10-7-14-3-2-4-16(22)19(14)23/h2-6,8-9,11-12H,7,10H2,1H3,(H,24,26)(H,25,27). The van der Waals surface area contributed by atoms with Gasteiger partial charge in [0.05, 0.1) is 17.9 Å². The highest BCUT2D eigenvalue weighted by molar-refractivity contribution is 9.10. The molecule has 0 bridgehead atoms. The van der Waals surface area contributed by atoms with E-state index in [-0.39, 0.29) is 30.4 Å². The molecule has 0 radical (unpaired) electrons. The number of imidazole rings is 1. The summed E-state index contributed by atoms with van der Waals surface area (Å²) in [6.07, 6.45) is 1.90. The molecule has 0 fully saturated rings. The van der Waals surface area contributed by atoms with Crippen molar-refractivity contribution >= 4 is 21.8 Å². The Hall–Kier alpha value is -2.54. The van der Waals surface area contributed by atoms with E-state index in [4.69, 9.17) is 0 Å². The molecule has 0 aliphatic heterocycles. The molecule has 2 N–H and O–H groups in total. The SMILES string of the molecule is CC(NC(=O)CCc1cccc(F)c1F)c1ncc(-c2ccc(Br)cc2)[nH]1. The van der Waals surface area contributed by atoms with Crippen molar-refractivity contribution in [1.29, 1.82) is 0 Å². The average Bonchev–Trinajstić information content (AvgIpc) is 3.14. The van der Waals surface area contributed by atoms with Gasteiger partial charge in [-0.25, -0.2) is 13.8 Å². The van der Waals surface area contributed by atoms with E-state index in [1.165, 1.54) is 12.1 Å². The summed E-state index contributed by atoms with van der Waals surface area (Å²) in [6.45, 7) is 1.81. The van der Waals surface area contributed by atoms with Crippen LogP contribution >= 0.6 is 15.9 Å². The molecule has 0 spiro atoms. The van der Waals surface area contributed by atoms with Crippen LogP contribution < -0.4 is 5.32 Å². The van der Waals surface area contributed by atoms with Gasteiger partial charge in [-0.3, -0.25) is 4.79 Å². The van der Waals surface area contributed by atoms with Crippen molar-refractivity contribution in [3.05, 3.63) is 76.2 Å². The average molecular weight is 434 g/mol. The molecule has 0 saturated carbocycles. The zero-order valence-electron chi connectivity index (χ0n) is 14.6. The highest BCUT2D eigenvalue weighted by atomic mass is 79.9. The number of amides is 1. The summed E-state index contributed by atoms with van der Waals surface area (Å²) in [4.78, 5) is 19.7. The minimum atomic E-state index is -0.905. The lowest BCUT2D eigenvalue weighted by Crippen LogP contribution is -2.27. The van der Waals surface area contributed by atoms with Crippen LogP contribution in [-0.4, -0.2) is 15.9 Å². The van der Waals surface area contributed by atoms with Crippen molar-refractivity contribution in [1.82, 2.24) is 15.3 Å². The molecule has 0 saturated heterocycles. The Bertz CT molecular complexity index is 941. The number of carbonyl (C=O) groups excluding carboxylic acids is 1. The molecular weight excluding hydrogens is 416 g/mol. The van der Waals surface area contributed by atoms with E-state index >= 15 is 0 Å². The van der Waals surface area contributed by atoms with E-state index < -0.39 is 11.6 Å². The number of nitrogens with zero attached hydrogens (tertiary/aromatic N) is 1. The van der Waals surface area contributed by atoms with Gasteiger partial charge < -0.3 is 10.3 Å². The number of aromatic nitrogens is 2. The number of H-pyrrole nitrogens is 1. The fourth-order valence-corrected chi connectivity index (χ4v) is 2.97. The van der Waals surface area contributed by atoms with Crippen LogP contribution in [-0.2, 0) is 11.2 Å². The largest absolute Gasteiger partial charge is 0.346 e. The topological polar surface area (TPSA) is 57.8 Å². The van der Waals surface area contributed by atoms with Gasteiger partial charge in [0.2, 0.25) is 5.91 Å². The molecule has 3 aromatic rings. The lowest BCUT2D eigenvalue weighted by Gasteiger charge is -2.12. The van der Waals surface area contributed by atoms with Crippen molar-refractivity contribution in [2.45, 2.75) is 25.8 Å². The lowest BCUT2D eigenvalue weighted by atomic mass is 10.1. The number of aromatic amines is 1. The van der Waals surface area contributed by atoms with Gasteiger partial charge in [0.1, 0.15) is 5.82 Å². The summed E-state index contributed by atoms with van der Waals surface area (Å²) in [5.41, 5.74) is 2.02. The number of halogens is 3. The second-order valence-corrected chi connectivity index (χ2v) is 7.11. The Balaban J connectivity index is 1.58. The van der Waals surface area contributed by atoms with Gasteiger partial charge in [-0.2, -0.15) is 0 Å². The maximum absolute atomic E-state index is 13.6. The second-order valence-electron chi connectivity index (χ2n) is 6.19. The Morgan fingerprint density at radius 2 is 1.96 bits per heavy atom. The van der Waals surface area contributed by atoms with E-state index in [1.54, 1.807) is 6.20 Å². The molecule has 1 heterocycles. The molecule has 4 nitrogen and oxygen atoms in total. The summed E-state index contributed by atoms with van der Waals surface area (Å²) in [5, 5.41) is 2.82.